The van der Waals surface area contributed by atoms with Gasteiger partial charge in [0.05, 0.1) is 11.6 Å². The summed E-state index contributed by atoms with van der Waals surface area (Å²) in [7, 11) is 0. The molecule has 0 unspecified atom stereocenters. The maximum Gasteiger partial charge on any atom is 0.403 e. The first-order valence-electron chi connectivity index (χ1n) is 4.72. The Kier molecular flexibility index (Phi) is 3.91. The van der Waals surface area contributed by atoms with Gasteiger partial charge in [-0.25, -0.2) is 0 Å². The van der Waals surface area contributed by atoms with E-state index in [4.69, 9.17) is 5.26 Å². The lowest BCUT2D eigenvalue weighted by Crippen LogP contribution is -2.39. The standard InChI is InChI=1S/C11H11F3N2/c1-8(11(12,13)14)16-7-10-4-2-9(6-15)3-5-10/h2-5,8,16H,7H2,1H3/t8-/m1/s1. The first kappa shape index (κ1) is 12.5. The van der Waals surface area contributed by atoms with Gasteiger partial charge < -0.3 is 5.32 Å². The van der Waals surface area contributed by atoms with E-state index in [0.29, 0.717) is 5.56 Å². The Hall–Kier alpha value is -1.54. The van der Waals surface area contributed by atoms with Gasteiger partial charge in [0.25, 0.3) is 0 Å². The summed E-state index contributed by atoms with van der Waals surface area (Å²) in [6.07, 6.45) is -4.23. The van der Waals surface area contributed by atoms with Crippen molar-refractivity contribution in [1.82, 2.24) is 5.32 Å². The highest BCUT2D eigenvalue weighted by Crippen LogP contribution is 2.19. The molecule has 1 aromatic rings. The van der Waals surface area contributed by atoms with E-state index in [9.17, 15) is 13.2 Å². The molecule has 0 saturated carbocycles. The van der Waals surface area contributed by atoms with Crippen molar-refractivity contribution >= 4 is 0 Å². The van der Waals surface area contributed by atoms with E-state index in [1.807, 2.05) is 6.07 Å². The van der Waals surface area contributed by atoms with E-state index in [1.54, 1.807) is 24.3 Å². The molecule has 1 atom stereocenters. The van der Waals surface area contributed by atoms with Crippen LogP contribution in [0.15, 0.2) is 24.3 Å². The molecule has 0 aliphatic rings. The number of hydrogen-bond donors (Lipinski definition) is 1. The van der Waals surface area contributed by atoms with Crippen LogP contribution in [0.4, 0.5) is 13.2 Å². The van der Waals surface area contributed by atoms with Crippen LogP contribution in [0.25, 0.3) is 0 Å². The van der Waals surface area contributed by atoms with Gasteiger partial charge >= 0.3 is 6.18 Å². The zero-order chi connectivity index (χ0) is 12.2. The fourth-order valence-corrected chi connectivity index (χ4v) is 1.08. The van der Waals surface area contributed by atoms with Crippen molar-refractivity contribution in [2.75, 3.05) is 0 Å². The molecule has 0 aliphatic carbocycles. The first-order chi connectivity index (χ1) is 7.43. The summed E-state index contributed by atoms with van der Waals surface area (Å²) in [4.78, 5) is 0. The molecular formula is C11H11F3N2. The van der Waals surface area contributed by atoms with Gasteiger partial charge in [0.15, 0.2) is 0 Å². The summed E-state index contributed by atoms with van der Waals surface area (Å²) in [6, 6.07) is 6.83. The van der Waals surface area contributed by atoms with Crippen LogP contribution in [0.5, 0.6) is 0 Å². The molecule has 0 amide bonds. The summed E-state index contributed by atoms with van der Waals surface area (Å²) in [5, 5.41) is 10.9. The van der Waals surface area contributed by atoms with Crippen molar-refractivity contribution in [3.05, 3.63) is 35.4 Å². The largest absolute Gasteiger partial charge is 0.403 e. The molecule has 86 valence electrons. The van der Waals surface area contributed by atoms with Gasteiger partial charge in [-0.1, -0.05) is 12.1 Å². The van der Waals surface area contributed by atoms with Crippen molar-refractivity contribution in [3.63, 3.8) is 0 Å². The highest BCUT2D eigenvalue weighted by atomic mass is 19.4. The molecule has 5 heteroatoms. The maximum atomic E-state index is 12.2. The third kappa shape index (κ3) is 3.55. The van der Waals surface area contributed by atoms with Crippen molar-refractivity contribution in [2.24, 2.45) is 0 Å². The van der Waals surface area contributed by atoms with Gasteiger partial charge in [-0.3, -0.25) is 0 Å². The van der Waals surface area contributed by atoms with Crippen LogP contribution in [-0.4, -0.2) is 12.2 Å². The maximum absolute atomic E-state index is 12.2. The average molecular weight is 228 g/mol. The van der Waals surface area contributed by atoms with Gasteiger partial charge in [-0.05, 0) is 24.6 Å². The minimum Gasteiger partial charge on any atom is -0.302 e. The van der Waals surface area contributed by atoms with Gasteiger partial charge in [0, 0.05) is 6.54 Å². The van der Waals surface area contributed by atoms with E-state index in [0.717, 1.165) is 12.5 Å². The molecule has 1 aromatic carbocycles. The average Bonchev–Trinajstić information content (AvgIpc) is 2.25. The Morgan fingerprint density at radius 3 is 2.31 bits per heavy atom. The lowest BCUT2D eigenvalue weighted by atomic mass is 10.1. The zero-order valence-corrected chi connectivity index (χ0v) is 8.67. The van der Waals surface area contributed by atoms with Gasteiger partial charge in [0.2, 0.25) is 0 Å². The number of nitrogens with one attached hydrogen (secondary N) is 1. The number of nitrogens with zero attached hydrogens (tertiary/aromatic N) is 1. The first-order valence-corrected chi connectivity index (χ1v) is 4.72. The van der Waals surface area contributed by atoms with Gasteiger partial charge in [-0.15, -0.1) is 0 Å². The zero-order valence-electron chi connectivity index (χ0n) is 8.67. The number of nitriles is 1. The number of alkyl halides is 3. The summed E-state index contributed by atoms with van der Waals surface area (Å²) >= 11 is 0. The number of benzene rings is 1. The molecule has 0 fully saturated rings. The second-order valence-corrected chi connectivity index (χ2v) is 3.45. The van der Waals surface area contributed by atoms with Crippen LogP contribution < -0.4 is 5.32 Å². The van der Waals surface area contributed by atoms with Crippen LogP contribution in [0, 0.1) is 11.3 Å². The van der Waals surface area contributed by atoms with Crippen molar-refractivity contribution in [3.8, 4) is 6.07 Å². The number of hydrogen-bond acceptors (Lipinski definition) is 2. The Morgan fingerprint density at radius 2 is 1.88 bits per heavy atom. The lowest BCUT2D eigenvalue weighted by Gasteiger charge is -2.17. The number of halogens is 3. The van der Waals surface area contributed by atoms with E-state index >= 15 is 0 Å². The smallest absolute Gasteiger partial charge is 0.302 e. The van der Waals surface area contributed by atoms with Crippen molar-refractivity contribution in [2.45, 2.75) is 25.7 Å². The molecule has 0 aliphatic heterocycles. The highest BCUT2D eigenvalue weighted by Gasteiger charge is 2.35. The van der Waals surface area contributed by atoms with Gasteiger partial charge in [-0.2, -0.15) is 18.4 Å². The minimum absolute atomic E-state index is 0.131. The Labute approximate surface area is 91.7 Å². The quantitative estimate of drug-likeness (QED) is 0.863. The third-order valence-electron chi connectivity index (χ3n) is 2.19. The molecule has 1 N–H and O–H groups in total. The molecule has 0 radical (unpaired) electrons. The Balaban J connectivity index is 2.53. The summed E-state index contributed by atoms with van der Waals surface area (Å²) in [6.45, 7) is 1.20. The molecule has 0 bridgehead atoms. The third-order valence-corrected chi connectivity index (χ3v) is 2.19. The SMILES string of the molecule is C[C@@H](NCc1ccc(C#N)cc1)C(F)(F)F. The second kappa shape index (κ2) is 4.99. The van der Waals surface area contributed by atoms with Crippen LogP contribution in [0.2, 0.25) is 0 Å². The van der Waals surface area contributed by atoms with E-state index < -0.39 is 12.2 Å². The molecule has 16 heavy (non-hydrogen) atoms. The lowest BCUT2D eigenvalue weighted by molar-refractivity contribution is -0.151. The highest BCUT2D eigenvalue weighted by molar-refractivity contribution is 5.31. The predicted octanol–water partition coefficient (Wildman–Crippen LogP) is 2.60. The second-order valence-electron chi connectivity index (χ2n) is 3.45. The van der Waals surface area contributed by atoms with Crippen LogP contribution in [0.3, 0.4) is 0 Å². The molecular weight excluding hydrogens is 217 g/mol. The number of rotatable bonds is 3. The Bertz CT molecular complexity index is 376. The normalized spacial score (nSPS) is 13.2. The van der Waals surface area contributed by atoms with E-state index in [1.165, 1.54) is 0 Å². The van der Waals surface area contributed by atoms with Crippen molar-refractivity contribution < 1.29 is 13.2 Å². The molecule has 2 nitrogen and oxygen atoms in total. The molecule has 0 aromatic heterocycles. The Morgan fingerprint density at radius 1 is 1.31 bits per heavy atom. The van der Waals surface area contributed by atoms with Crippen LogP contribution in [0.1, 0.15) is 18.1 Å². The van der Waals surface area contributed by atoms with Gasteiger partial charge in [0.1, 0.15) is 6.04 Å². The summed E-state index contributed by atoms with van der Waals surface area (Å²) in [5.41, 5.74) is 1.21. The van der Waals surface area contributed by atoms with Crippen LogP contribution >= 0.6 is 0 Å². The topological polar surface area (TPSA) is 35.8 Å². The fourth-order valence-electron chi connectivity index (χ4n) is 1.08. The fraction of sp³-hybridized carbons (Fsp3) is 0.364. The van der Waals surface area contributed by atoms with Crippen LogP contribution in [-0.2, 0) is 6.54 Å². The van der Waals surface area contributed by atoms with E-state index in [2.05, 4.69) is 5.32 Å². The predicted molar refractivity (Wildman–Crippen MR) is 53.5 cm³/mol. The minimum atomic E-state index is -4.23. The summed E-state index contributed by atoms with van der Waals surface area (Å²) < 4.78 is 36.5. The molecule has 0 heterocycles. The molecule has 0 spiro atoms. The summed E-state index contributed by atoms with van der Waals surface area (Å²) in [5.74, 6) is 0. The molecule has 0 saturated heterocycles. The monoisotopic (exact) mass is 228 g/mol. The van der Waals surface area contributed by atoms with E-state index in [-0.39, 0.29) is 6.54 Å². The van der Waals surface area contributed by atoms with Crippen molar-refractivity contribution in [1.29, 1.82) is 5.26 Å². The molecule has 1 rings (SSSR count).